The Bertz CT molecular complexity index is 186. The lowest BCUT2D eigenvalue weighted by atomic mass is 10.1. The summed E-state index contributed by atoms with van der Waals surface area (Å²) in [5.74, 6) is 1.06. The molecule has 0 radical (unpaired) electrons. The summed E-state index contributed by atoms with van der Waals surface area (Å²) < 4.78 is 5.42. The highest BCUT2D eigenvalue weighted by molar-refractivity contribution is 4.71. The van der Waals surface area contributed by atoms with Crippen LogP contribution in [0.1, 0.15) is 40.5 Å². The largest absolute Gasteiger partial charge is 0.395 e. The molecular formula is C14H31NO3. The third kappa shape index (κ3) is 9.83. The fourth-order valence-corrected chi connectivity index (χ4v) is 1.67. The van der Waals surface area contributed by atoms with Gasteiger partial charge in [-0.1, -0.05) is 27.7 Å². The van der Waals surface area contributed by atoms with Crippen LogP contribution in [0.2, 0.25) is 0 Å². The maximum atomic E-state index is 9.71. The van der Waals surface area contributed by atoms with Gasteiger partial charge in [0, 0.05) is 19.2 Å². The molecule has 0 bridgehead atoms. The lowest BCUT2D eigenvalue weighted by Crippen LogP contribution is -2.42. The van der Waals surface area contributed by atoms with E-state index in [2.05, 4.69) is 19.2 Å². The Hall–Kier alpha value is -0.160. The first kappa shape index (κ1) is 17.8. The summed E-state index contributed by atoms with van der Waals surface area (Å²) >= 11 is 0. The lowest BCUT2D eigenvalue weighted by molar-refractivity contribution is 0.0312. The number of nitrogens with one attached hydrogen (secondary N) is 1. The highest BCUT2D eigenvalue weighted by Crippen LogP contribution is 2.03. The zero-order valence-corrected chi connectivity index (χ0v) is 12.4. The number of hydrogen-bond donors (Lipinski definition) is 3. The SMILES string of the molecule is CC(C)CCCOCC(O)CNC(CO)C(C)C. The molecule has 0 amide bonds. The van der Waals surface area contributed by atoms with Crippen molar-refractivity contribution < 1.29 is 14.9 Å². The molecule has 0 aromatic heterocycles. The van der Waals surface area contributed by atoms with Gasteiger partial charge in [0.25, 0.3) is 0 Å². The van der Waals surface area contributed by atoms with Crippen molar-refractivity contribution in [1.29, 1.82) is 0 Å². The van der Waals surface area contributed by atoms with Gasteiger partial charge in [-0.2, -0.15) is 0 Å². The monoisotopic (exact) mass is 261 g/mol. The summed E-state index contributed by atoms with van der Waals surface area (Å²) in [5.41, 5.74) is 0. The Morgan fingerprint density at radius 1 is 1.17 bits per heavy atom. The summed E-state index contributed by atoms with van der Waals surface area (Å²) in [6, 6.07) is 0.0422. The molecule has 3 N–H and O–H groups in total. The molecule has 2 unspecified atom stereocenters. The number of aliphatic hydroxyl groups excluding tert-OH is 2. The zero-order valence-electron chi connectivity index (χ0n) is 12.4. The number of aliphatic hydroxyl groups is 2. The minimum atomic E-state index is -0.503. The predicted octanol–water partition coefficient (Wildman–Crippen LogP) is 1.41. The van der Waals surface area contributed by atoms with Crippen LogP contribution in [0.25, 0.3) is 0 Å². The van der Waals surface area contributed by atoms with Gasteiger partial charge in [0.2, 0.25) is 0 Å². The molecule has 0 aliphatic rings. The summed E-state index contributed by atoms with van der Waals surface area (Å²) in [6.07, 6.45) is 1.70. The van der Waals surface area contributed by atoms with Gasteiger partial charge in [0.05, 0.1) is 19.3 Å². The first-order chi connectivity index (χ1) is 8.47. The van der Waals surface area contributed by atoms with E-state index < -0.39 is 6.10 Å². The molecule has 110 valence electrons. The first-order valence-electron chi connectivity index (χ1n) is 7.07. The van der Waals surface area contributed by atoms with Crippen molar-refractivity contribution in [1.82, 2.24) is 5.32 Å². The summed E-state index contributed by atoms with van der Waals surface area (Å²) in [6.45, 7) is 10.1. The molecule has 4 nitrogen and oxygen atoms in total. The average molecular weight is 261 g/mol. The van der Waals surface area contributed by atoms with E-state index in [4.69, 9.17) is 9.84 Å². The van der Waals surface area contributed by atoms with Crippen molar-refractivity contribution >= 4 is 0 Å². The second kappa shape index (κ2) is 10.7. The van der Waals surface area contributed by atoms with Gasteiger partial charge in [0.15, 0.2) is 0 Å². The maximum Gasteiger partial charge on any atom is 0.0897 e. The van der Waals surface area contributed by atoms with Crippen LogP contribution in [-0.4, -0.2) is 48.7 Å². The fourth-order valence-electron chi connectivity index (χ4n) is 1.67. The Labute approximate surface area is 112 Å². The van der Waals surface area contributed by atoms with E-state index >= 15 is 0 Å². The minimum Gasteiger partial charge on any atom is -0.395 e. The minimum absolute atomic E-state index is 0.0422. The molecule has 0 aliphatic heterocycles. The van der Waals surface area contributed by atoms with Crippen LogP contribution in [0, 0.1) is 11.8 Å². The van der Waals surface area contributed by atoms with Crippen LogP contribution in [0.15, 0.2) is 0 Å². The van der Waals surface area contributed by atoms with Crippen molar-refractivity contribution in [3.8, 4) is 0 Å². The Morgan fingerprint density at radius 3 is 2.33 bits per heavy atom. The molecule has 2 atom stereocenters. The van der Waals surface area contributed by atoms with Crippen LogP contribution < -0.4 is 5.32 Å². The average Bonchev–Trinajstić information content (AvgIpc) is 2.28. The Kier molecular flexibility index (Phi) is 10.6. The Balaban J connectivity index is 3.50. The van der Waals surface area contributed by atoms with Gasteiger partial charge in [-0.3, -0.25) is 0 Å². The number of hydrogen-bond acceptors (Lipinski definition) is 4. The second-order valence-electron chi connectivity index (χ2n) is 5.71. The van der Waals surface area contributed by atoms with Gasteiger partial charge in [-0.25, -0.2) is 0 Å². The van der Waals surface area contributed by atoms with E-state index in [1.165, 1.54) is 0 Å². The van der Waals surface area contributed by atoms with Crippen molar-refractivity contribution in [2.24, 2.45) is 11.8 Å². The van der Waals surface area contributed by atoms with E-state index in [0.717, 1.165) is 12.8 Å². The number of rotatable bonds is 11. The molecule has 4 heteroatoms. The van der Waals surface area contributed by atoms with Gasteiger partial charge in [-0.15, -0.1) is 0 Å². The molecular weight excluding hydrogens is 230 g/mol. The van der Waals surface area contributed by atoms with Crippen molar-refractivity contribution in [3.05, 3.63) is 0 Å². The van der Waals surface area contributed by atoms with E-state index in [1.807, 2.05) is 13.8 Å². The van der Waals surface area contributed by atoms with Gasteiger partial charge in [0.1, 0.15) is 0 Å². The van der Waals surface area contributed by atoms with Crippen LogP contribution in [-0.2, 0) is 4.74 Å². The number of ether oxygens (including phenoxy) is 1. The van der Waals surface area contributed by atoms with Crippen LogP contribution in [0.4, 0.5) is 0 Å². The molecule has 0 aromatic carbocycles. The van der Waals surface area contributed by atoms with Crippen LogP contribution in [0.5, 0.6) is 0 Å². The predicted molar refractivity (Wildman–Crippen MR) is 74.6 cm³/mol. The molecule has 0 spiro atoms. The first-order valence-corrected chi connectivity index (χ1v) is 7.07. The summed E-state index contributed by atoms with van der Waals surface area (Å²) in [7, 11) is 0. The molecule has 0 heterocycles. The van der Waals surface area contributed by atoms with Crippen molar-refractivity contribution in [3.63, 3.8) is 0 Å². The van der Waals surface area contributed by atoms with Crippen molar-refractivity contribution in [2.45, 2.75) is 52.7 Å². The van der Waals surface area contributed by atoms with E-state index in [9.17, 15) is 5.11 Å². The molecule has 0 fully saturated rings. The highest BCUT2D eigenvalue weighted by Gasteiger charge is 2.13. The summed E-state index contributed by atoms with van der Waals surface area (Å²) in [4.78, 5) is 0. The van der Waals surface area contributed by atoms with E-state index in [0.29, 0.717) is 31.6 Å². The highest BCUT2D eigenvalue weighted by atomic mass is 16.5. The fraction of sp³-hybridized carbons (Fsp3) is 1.00. The molecule has 0 rings (SSSR count). The van der Waals surface area contributed by atoms with Gasteiger partial charge < -0.3 is 20.3 Å². The third-order valence-corrected chi connectivity index (χ3v) is 3.00. The second-order valence-corrected chi connectivity index (χ2v) is 5.71. The summed E-state index contributed by atoms with van der Waals surface area (Å²) in [5, 5.41) is 22.0. The Morgan fingerprint density at radius 2 is 1.83 bits per heavy atom. The topological polar surface area (TPSA) is 61.7 Å². The molecule has 0 saturated heterocycles. The standard InChI is InChI=1S/C14H31NO3/c1-11(2)6-5-7-18-10-13(17)8-15-14(9-16)12(3)4/h11-17H,5-10H2,1-4H3. The maximum absolute atomic E-state index is 9.71. The van der Waals surface area contributed by atoms with Crippen LogP contribution >= 0.6 is 0 Å². The van der Waals surface area contributed by atoms with Crippen LogP contribution in [0.3, 0.4) is 0 Å². The van der Waals surface area contributed by atoms with Gasteiger partial charge in [-0.05, 0) is 24.7 Å². The zero-order chi connectivity index (χ0) is 14.0. The third-order valence-electron chi connectivity index (χ3n) is 3.00. The molecule has 18 heavy (non-hydrogen) atoms. The van der Waals surface area contributed by atoms with E-state index in [-0.39, 0.29) is 12.6 Å². The lowest BCUT2D eigenvalue weighted by Gasteiger charge is -2.22. The smallest absolute Gasteiger partial charge is 0.0897 e. The molecule has 0 saturated carbocycles. The molecule has 0 aromatic rings. The normalized spacial score (nSPS) is 15.3. The van der Waals surface area contributed by atoms with Gasteiger partial charge >= 0.3 is 0 Å². The van der Waals surface area contributed by atoms with E-state index in [1.54, 1.807) is 0 Å². The van der Waals surface area contributed by atoms with Crippen molar-refractivity contribution in [2.75, 3.05) is 26.4 Å². The molecule has 0 aliphatic carbocycles. The quantitative estimate of drug-likeness (QED) is 0.492.